The quantitative estimate of drug-likeness (QED) is 0.524. The smallest absolute Gasteiger partial charge is 0.324 e. The predicted octanol–water partition coefficient (Wildman–Crippen LogP) is 0.743. The van der Waals surface area contributed by atoms with Gasteiger partial charge in [0.25, 0.3) is 0 Å². The molecule has 5 nitrogen and oxygen atoms in total. The van der Waals surface area contributed by atoms with Gasteiger partial charge in [-0.1, -0.05) is 0 Å². The van der Waals surface area contributed by atoms with Gasteiger partial charge >= 0.3 is 6.03 Å². The van der Waals surface area contributed by atoms with Gasteiger partial charge in [0.15, 0.2) is 0 Å². The number of rotatable bonds is 6. The highest BCUT2D eigenvalue weighted by Crippen LogP contribution is 2.02. The number of urea groups is 1. The lowest BCUT2D eigenvalue weighted by Gasteiger charge is -2.13. The van der Waals surface area contributed by atoms with Gasteiger partial charge in [0, 0.05) is 13.2 Å². The summed E-state index contributed by atoms with van der Waals surface area (Å²) in [5, 5.41) is 2.24. The third-order valence-corrected chi connectivity index (χ3v) is 2.14. The van der Waals surface area contributed by atoms with Crippen molar-refractivity contribution in [3.05, 3.63) is 0 Å². The summed E-state index contributed by atoms with van der Waals surface area (Å²) >= 11 is 0. The Hall–Kier alpha value is -1.10. The number of nitrogens with one attached hydrogen (secondary N) is 1. The Bertz CT molecular complexity index is 241. The number of unbranched alkanes of at least 4 members (excludes halogenated alkanes) is 1. The van der Waals surface area contributed by atoms with Crippen molar-refractivity contribution in [3.8, 4) is 0 Å². The van der Waals surface area contributed by atoms with Gasteiger partial charge in [-0.15, -0.1) is 0 Å². The molecule has 0 saturated carbocycles. The SMILES string of the molecule is CC(C)OCCCCN1CC(=O)NC1=O. The first-order chi connectivity index (χ1) is 7.09. The van der Waals surface area contributed by atoms with E-state index in [1.807, 2.05) is 13.8 Å². The largest absolute Gasteiger partial charge is 0.379 e. The predicted molar refractivity (Wildman–Crippen MR) is 55.4 cm³/mol. The zero-order valence-electron chi connectivity index (χ0n) is 9.28. The summed E-state index contributed by atoms with van der Waals surface area (Å²) < 4.78 is 5.37. The van der Waals surface area contributed by atoms with E-state index in [0.29, 0.717) is 13.2 Å². The van der Waals surface area contributed by atoms with E-state index in [-0.39, 0.29) is 24.6 Å². The summed E-state index contributed by atoms with van der Waals surface area (Å²) in [6.45, 7) is 5.52. The lowest BCUT2D eigenvalue weighted by atomic mass is 10.3. The number of amides is 3. The summed E-state index contributed by atoms with van der Waals surface area (Å²) in [7, 11) is 0. The maximum Gasteiger partial charge on any atom is 0.324 e. The molecule has 0 radical (unpaired) electrons. The molecule has 1 fully saturated rings. The minimum absolute atomic E-state index is 0.198. The highest BCUT2D eigenvalue weighted by Gasteiger charge is 2.25. The molecule has 1 aliphatic heterocycles. The van der Waals surface area contributed by atoms with E-state index in [0.717, 1.165) is 12.8 Å². The van der Waals surface area contributed by atoms with Crippen molar-refractivity contribution >= 4 is 11.9 Å². The third-order valence-electron chi connectivity index (χ3n) is 2.14. The normalized spacial score (nSPS) is 16.3. The number of hydrogen-bond donors (Lipinski definition) is 1. The number of carbonyl (C=O) groups is 2. The fourth-order valence-electron chi connectivity index (χ4n) is 1.39. The number of imide groups is 1. The van der Waals surface area contributed by atoms with Crippen LogP contribution in [0.15, 0.2) is 0 Å². The van der Waals surface area contributed by atoms with Gasteiger partial charge in [0.1, 0.15) is 6.54 Å². The maximum atomic E-state index is 11.1. The molecule has 1 N–H and O–H groups in total. The van der Waals surface area contributed by atoms with Crippen molar-refractivity contribution < 1.29 is 14.3 Å². The van der Waals surface area contributed by atoms with E-state index >= 15 is 0 Å². The van der Waals surface area contributed by atoms with Gasteiger partial charge in [-0.05, 0) is 26.7 Å². The van der Waals surface area contributed by atoms with Gasteiger partial charge in [-0.2, -0.15) is 0 Å². The second-order valence-corrected chi connectivity index (χ2v) is 3.90. The van der Waals surface area contributed by atoms with Crippen molar-refractivity contribution in [1.82, 2.24) is 10.2 Å². The summed E-state index contributed by atoms with van der Waals surface area (Å²) in [5.74, 6) is -0.210. The van der Waals surface area contributed by atoms with Crippen LogP contribution in [-0.4, -0.2) is 42.6 Å². The summed E-state index contributed by atoms with van der Waals surface area (Å²) in [6.07, 6.45) is 2.03. The molecule has 0 spiro atoms. The van der Waals surface area contributed by atoms with Crippen LogP contribution in [0.3, 0.4) is 0 Å². The second kappa shape index (κ2) is 5.70. The van der Waals surface area contributed by atoms with Crippen LogP contribution in [0.2, 0.25) is 0 Å². The van der Waals surface area contributed by atoms with Crippen LogP contribution < -0.4 is 5.32 Å². The molecular weight excluding hydrogens is 196 g/mol. The summed E-state index contributed by atoms with van der Waals surface area (Å²) in [6, 6.07) is -0.273. The Morgan fingerprint density at radius 2 is 2.13 bits per heavy atom. The third kappa shape index (κ3) is 4.29. The monoisotopic (exact) mass is 214 g/mol. The van der Waals surface area contributed by atoms with Crippen molar-refractivity contribution in [2.24, 2.45) is 0 Å². The number of ether oxygens (including phenoxy) is 1. The van der Waals surface area contributed by atoms with Gasteiger partial charge in [0.2, 0.25) is 5.91 Å². The van der Waals surface area contributed by atoms with E-state index in [4.69, 9.17) is 4.74 Å². The van der Waals surface area contributed by atoms with Gasteiger partial charge in [-0.3, -0.25) is 10.1 Å². The van der Waals surface area contributed by atoms with Crippen molar-refractivity contribution in [3.63, 3.8) is 0 Å². The first-order valence-corrected chi connectivity index (χ1v) is 5.30. The topological polar surface area (TPSA) is 58.6 Å². The van der Waals surface area contributed by atoms with Crippen molar-refractivity contribution in [2.45, 2.75) is 32.8 Å². The van der Waals surface area contributed by atoms with Crippen molar-refractivity contribution in [1.29, 1.82) is 0 Å². The molecule has 0 unspecified atom stereocenters. The average molecular weight is 214 g/mol. The van der Waals surface area contributed by atoms with Crippen LogP contribution in [0, 0.1) is 0 Å². The van der Waals surface area contributed by atoms with E-state index < -0.39 is 0 Å². The molecule has 0 aromatic carbocycles. The fraction of sp³-hybridized carbons (Fsp3) is 0.800. The first-order valence-electron chi connectivity index (χ1n) is 5.30. The Morgan fingerprint density at radius 1 is 1.40 bits per heavy atom. The molecule has 0 bridgehead atoms. The molecular formula is C10H18N2O3. The molecule has 0 atom stereocenters. The minimum atomic E-state index is -0.273. The van der Waals surface area contributed by atoms with Crippen LogP contribution in [0.5, 0.6) is 0 Å². The van der Waals surface area contributed by atoms with Crippen LogP contribution in [0.25, 0.3) is 0 Å². The standard InChI is InChI=1S/C10H18N2O3/c1-8(2)15-6-4-3-5-12-7-9(13)11-10(12)14/h8H,3-7H2,1-2H3,(H,11,13,14). The van der Waals surface area contributed by atoms with Crippen molar-refractivity contribution in [2.75, 3.05) is 19.7 Å². The molecule has 1 aliphatic rings. The minimum Gasteiger partial charge on any atom is -0.379 e. The van der Waals surface area contributed by atoms with E-state index in [2.05, 4.69) is 5.32 Å². The lowest BCUT2D eigenvalue weighted by Crippen LogP contribution is -2.29. The lowest BCUT2D eigenvalue weighted by molar-refractivity contribution is -0.118. The highest BCUT2D eigenvalue weighted by atomic mass is 16.5. The molecule has 0 aromatic rings. The van der Waals surface area contributed by atoms with Crippen LogP contribution in [0.1, 0.15) is 26.7 Å². The van der Waals surface area contributed by atoms with Gasteiger partial charge in [0.05, 0.1) is 6.10 Å². The average Bonchev–Trinajstić information content (AvgIpc) is 2.44. The van der Waals surface area contributed by atoms with Crippen LogP contribution in [0.4, 0.5) is 4.79 Å². The highest BCUT2D eigenvalue weighted by molar-refractivity contribution is 6.01. The number of hydrogen-bond acceptors (Lipinski definition) is 3. The first kappa shape index (κ1) is 12.0. The van der Waals surface area contributed by atoms with E-state index in [1.165, 1.54) is 4.90 Å². The van der Waals surface area contributed by atoms with Crippen LogP contribution >= 0.6 is 0 Å². The zero-order chi connectivity index (χ0) is 11.3. The van der Waals surface area contributed by atoms with E-state index in [1.54, 1.807) is 0 Å². The Kier molecular flexibility index (Phi) is 4.55. The molecule has 0 aliphatic carbocycles. The summed E-state index contributed by atoms with van der Waals surface area (Å²) in [4.78, 5) is 23.5. The van der Waals surface area contributed by atoms with Crippen LogP contribution in [-0.2, 0) is 9.53 Å². The molecule has 5 heteroatoms. The Balaban J connectivity index is 2.05. The molecule has 3 amide bonds. The number of nitrogens with zero attached hydrogens (tertiary/aromatic N) is 1. The Morgan fingerprint density at radius 3 is 2.67 bits per heavy atom. The number of carbonyl (C=O) groups excluding carboxylic acids is 2. The molecule has 0 aromatic heterocycles. The second-order valence-electron chi connectivity index (χ2n) is 3.90. The fourth-order valence-corrected chi connectivity index (χ4v) is 1.39. The molecule has 1 heterocycles. The van der Waals surface area contributed by atoms with E-state index in [9.17, 15) is 9.59 Å². The zero-order valence-corrected chi connectivity index (χ0v) is 9.28. The summed E-state index contributed by atoms with van der Waals surface area (Å²) in [5.41, 5.74) is 0. The van der Waals surface area contributed by atoms with Gasteiger partial charge < -0.3 is 9.64 Å². The van der Waals surface area contributed by atoms with Gasteiger partial charge in [-0.25, -0.2) is 4.79 Å². The maximum absolute atomic E-state index is 11.1. The Labute approximate surface area is 89.8 Å². The molecule has 1 saturated heterocycles. The molecule has 15 heavy (non-hydrogen) atoms. The molecule has 86 valence electrons. The molecule has 1 rings (SSSR count).